The fraction of sp³-hybridized carbons (Fsp3) is 0.400. The highest BCUT2D eigenvalue weighted by Crippen LogP contribution is 2.12. The van der Waals surface area contributed by atoms with Gasteiger partial charge in [0.2, 0.25) is 0 Å². The molecule has 2 aromatic rings. The topological polar surface area (TPSA) is 6.48 Å². The minimum Gasteiger partial charge on any atom is -0.297 e. The van der Waals surface area contributed by atoms with Gasteiger partial charge < -0.3 is 0 Å². The summed E-state index contributed by atoms with van der Waals surface area (Å²) >= 11 is 0. The molecular weight excluding hydrogens is 268 g/mol. The van der Waals surface area contributed by atoms with Crippen molar-refractivity contribution < 1.29 is 0 Å². The Morgan fingerprint density at radius 3 is 1.23 bits per heavy atom. The SMILES string of the molecule is Cc1ccc(CN2CCN(Cc3ccc(C)cc3)CC2)cc1. The van der Waals surface area contributed by atoms with Crippen molar-refractivity contribution in [2.45, 2.75) is 26.9 Å². The van der Waals surface area contributed by atoms with Crippen LogP contribution in [-0.4, -0.2) is 36.0 Å². The summed E-state index contributed by atoms with van der Waals surface area (Å²) < 4.78 is 0. The number of benzene rings is 2. The summed E-state index contributed by atoms with van der Waals surface area (Å²) in [5.41, 5.74) is 5.54. The summed E-state index contributed by atoms with van der Waals surface area (Å²) in [6.07, 6.45) is 0. The Labute approximate surface area is 134 Å². The quantitative estimate of drug-likeness (QED) is 0.850. The first-order valence-corrected chi connectivity index (χ1v) is 8.25. The summed E-state index contributed by atoms with van der Waals surface area (Å²) in [7, 11) is 0. The van der Waals surface area contributed by atoms with Gasteiger partial charge in [-0.3, -0.25) is 9.80 Å². The maximum absolute atomic E-state index is 2.57. The number of hydrogen-bond acceptors (Lipinski definition) is 2. The third kappa shape index (κ3) is 4.19. The van der Waals surface area contributed by atoms with Crippen molar-refractivity contribution >= 4 is 0 Å². The van der Waals surface area contributed by atoms with Gasteiger partial charge in [-0.15, -0.1) is 0 Å². The molecule has 0 radical (unpaired) electrons. The van der Waals surface area contributed by atoms with Crippen molar-refractivity contribution in [1.82, 2.24) is 9.80 Å². The largest absolute Gasteiger partial charge is 0.297 e. The van der Waals surface area contributed by atoms with E-state index in [0.29, 0.717) is 0 Å². The molecule has 1 heterocycles. The molecule has 0 atom stereocenters. The average Bonchev–Trinajstić information content (AvgIpc) is 2.54. The van der Waals surface area contributed by atoms with Gasteiger partial charge in [-0.05, 0) is 25.0 Å². The maximum Gasteiger partial charge on any atom is 0.0234 e. The predicted molar refractivity (Wildman–Crippen MR) is 92.9 cm³/mol. The highest BCUT2D eigenvalue weighted by atomic mass is 15.3. The van der Waals surface area contributed by atoms with Gasteiger partial charge in [0.15, 0.2) is 0 Å². The molecule has 2 aromatic carbocycles. The van der Waals surface area contributed by atoms with E-state index in [1.165, 1.54) is 48.4 Å². The second kappa shape index (κ2) is 7.08. The van der Waals surface area contributed by atoms with Gasteiger partial charge in [0.1, 0.15) is 0 Å². The van der Waals surface area contributed by atoms with Crippen LogP contribution in [0.15, 0.2) is 48.5 Å². The number of rotatable bonds is 4. The fourth-order valence-corrected chi connectivity index (χ4v) is 3.01. The van der Waals surface area contributed by atoms with Gasteiger partial charge in [0, 0.05) is 39.3 Å². The van der Waals surface area contributed by atoms with Crippen molar-refractivity contribution in [3.05, 3.63) is 70.8 Å². The van der Waals surface area contributed by atoms with Crippen molar-refractivity contribution in [3.8, 4) is 0 Å². The molecule has 1 saturated heterocycles. The summed E-state index contributed by atoms with van der Waals surface area (Å²) in [6, 6.07) is 17.9. The van der Waals surface area contributed by atoms with E-state index in [4.69, 9.17) is 0 Å². The highest BCUT2D eigenvalue weighted by molar-refractivity contribution is 5.22. The third-order valence-electron chi connectivity index (χ3n) is 4.52. The zero-order chi connectivity index (χ0) is 15.4. The van der Waals surface area contributed by atoms with E-state index in [1.54, 1.807) is 0 Å². The van der Waals surface area contributed by atoms with Gasteiger partial charge in [-0.1, -0.05) is 59.7 Å². The Hall–Kier alpha value is -1.64. The Bertz CT molecular complexity index is 523. The lowest BCUT2D eigenvalue weighted by Crippen LogP contribution is -2.45. The molecule has 116 valence electrons. The first-order valence-electron chi connectivity index (χ1n) is 8.25. The Morgan fingerprint density at radius 2 is 0.909 bits per heavy atom. The van der Waals surface area contributed by atoms with Gasteiger partial charge >= 0.3 is 0 Å². The number of piperazine rings is 1. The molecule has 1 aliphatic heterocycles. The van der Waals surface area contributed by atoms with Gasteiger partial charge in [-0.25, -0.2) is 0 Å². The molecule has 1 fully saturated rings. The van der Waals surface area contributed by atoms with Crippen LogP contribution in [0.4, 0.5) is 0 Å². The lowest BCUT2D eigenvalue weighted by molar-refractivity contribution is 0.122. The van der Waals surface area contributed by atoms with Gasteiger partial charge in [0.05, 0.1) is 0 Å². The Morgan fingerprint density at radius 1 is 0.591 bits per heavy atom. The van der Waals surface area contributed by atoms with Crippen LogP contribution in [0, 0.1) is 13.8 Å². The second-order valence-electron chi connectivity index (χ2n) is 6.52. The molecule has 2 nitrogen and oxygen atoms in total. The van der Waals surface area contributed by atoms with Crippen LogP contribution in [0.3, 0.4) is 0 Å². The molecule has 0 spiro atoms. The molecule has 0 unspecified atom stereocenters. The highest BCUT2D eigenvalue weighted by Gasteiger charge is 2.16. The molecule has 0 aliphatic carbocycles. The monoisotopic (exact) mass is 294 g/mol. The zero-order valence-corrected chi connectivity index (χ0v) is 13.8. The minimum absolute atomic E-state index is 1.08. The molecule has 0 bridgehead atoms. The third-order valence-corrected chi connectivity index (χ3v) is 4.52. The van der Waals surface area contributed by atoms with Crippen LogP contribution in [0.25, 0.3) is 0 Å². The van der Waals surface area contributed by atoms with Crippen LogP contribution < -0.4 is 0 Å². The normalized spacial score (nSPS) is 16.8. The van der Waals surface area contributed by atoms with Crippen molar-refractivity contribution in [3.63, 3.8) is 0 Å². The second-order valence-corrected chi connectivity index (χ2v) is 6.52. The lowest BCUT2D eigenvalue weighted by Gasteiger charge is -2.34. The fourth-order valence-electron chi connectivity index (χ4n) is 3.01. The van der Waals surface area contributed by atoms with Crippen LogP contribution in [0.5, 0.6) is 0 Å². The molecule has 1 aliphatic rings. The lowest BCUT2D eigenvalue weighted by atomic mass is 10.1. The van der Waals surface area contributed by atoms with E-state index >= 15 is 0 Å². The van der Waals surface area contributed by atoms with Crippen LogP contribution >= 0.6 is 0 Å². The molecule has 2 heteroatoms. The molecular formula is C20H26N2. The zero-order valence-electron chi connectivity index (χ0n) is 13.8. The first-order chi connectivity index (χ1) is 10.7. The summed E-state index contributed by atoms with van der Waals surface area (Å²) in [6.45, 7) is 11.1. The number of nitrogens with zero attached hydrogens (tertiary/aromatic N) is 2. The van der Waals surface area contributed by atoms with E-state index in [2.05, 4.69) is 72.2 Å². The van der Waals surface area contributed by atoms with E-state index in [1.807, 2.05) is 0 Å². The Balaban J connectivity index is 1.47. The van der Waals surface area contributed by atoms with E-state index in [9.17, 15) is 0 Å². The van der Waals surface area contributed by atoms with Crippen molar-refractivity contribution in [2.24, 2.45) is 0 Å². The molecule has 3 rings (SSSR count). The first kappa shape index (κ1) is 15.3. The molecule has 0 aromatic heterocycles. The maximum atomic E-state index is 2.57. The number of aryl methyl sites for hydroxylation is 2. The summed E-state index contributed by atoms with van der Waals surface area (Å²) in [5, 5.41) is 0. The van der Waals surface area contributed by atoms with E-state index < -0.39 is 0 Å². The van der Waals surface area contributed by atoms with Crippen LogP contribution in [0.1, 0.15) is 22.3 Å². The molecule has 0 N–H and O–H groups in total. The van der Waals surface area contributed by atoms with Gasteiger partial charge in [0.25, 0.3) is 0 Å². The standard InChI is InChI=1S/C20H26N2/c1-17-3-7-19(8-4-17)15-21-11-13-22(14-12-21)16-20-9-5-18(2)6-10-20/h3-10H,11-16H2,1-2H3. The van der Waals surface area contributed by atoms with E-state index in [-0.39, 0.29) is 0 Å². The van der Waals surface area contributed by atoms with Crippen molar-refractivity contribution in [1.29, 1.82) is 0 Å². The molecule has 0 saturated carbocycles. The molecule has 22 heavy (non-hydrogen) atoms. The van der Waals surface area contributed by atoms with Crippen LogP contribution in [0.2, 0.25) is 0 Å². The smallest absolute Gasteiger partial charge is 0.0234 e. The predicted octanol–water partition coefficient (Wildman–Crippen LogP) is 3.62. The number of hydrogen-bond donors (Lipinski definition) is 0. The molecule has 0 amide bonds. The Kier molecular flexibility index (Phi) is 4.91. The summed E-state index contributed by atoms with van der Waals surface area (Å²) in [5.74, 6) is 0. The minimum atomic E-state index is 1.08. The van der Waals surface area contributed by atoms with Crippen LogP contribution in [-0.2, 0) is 13.1 Å². The summed E-state index contributed by atoms with van der Waals surface area (Å²) in [4.78, 5) is 5.13. The van der Waals surface area contributed by atoms with Crippen molar-refractivity contribution in [2.75, 3.05) is 26.2 Å². The van der Waals surface area contributed by atoms with E-state index in [0.717, 1.165) is 13.1 Å². The van der Waals surface area contributed by atoms with Gasteiger partial charge in [-0.2, -0.15) is 0 Å². The average molecular weight is 294 g/mol.